The lowest BCUT2D eigenvalue weighted by atomic mass is 10.2. The van der Waals surface area contributed by atoms with E-state index < -0.39 is 29.6 Å². The van der Waals surface area contributed by atoms with Crippen molar-refractivity contribution in [2.45, 2.75) is 24.3 Å². The number of ether oxygens (including phenoxy) is 1. The molecule has 26 heavy (non-hydrogen) atoms. The fourth-order valence-corrected chi connectivity index (χ4v) is 2.88. The lowest BCUT2D eigenvalue weighted by molar-refractivity contribution is -0.152. The number of halogens is 3. The van der Waals surface area contributed by atoms with E-state index in [2.05, 4.69) is 5.32 Å². The second kappa shape index (κ2) is 9.54. The van der Waals surface area contributed by atoms with Gasteiger partial charge in [-0.3, -0.25) is 9.59 Å². The first kappa shape index (κ1) is 20.2. The summed E-state index contributed by atoms with van der Waals surface area (Å²) in [5.41, 5.74) is -0.309. The monoisotopic (exact) mass is 399 g/mol. The van der Waals surface area contributed by atoms with Gasteiger partial charge in [0.25, 0.3) is 5.91 Å². The summed E-state index contributed by atoms with van der Waals surface area (Å²) in [5.74, 6) is -2.31. The molecule has 0 aliphatic rings. The Morgan fingerprint density at radius 3 is 2.58 bits per heavy atom. The molecule has 0 aliphatic carbocycles. The summed E-state index contributed by atoms with van der Waals surface area (Å²) in [7, 11) is 0. The molecular formula is C18H16ClF2NO3S. The van der Waals surface area contributed by atoms with E-state index in [-0.39, 0.29) is 12.1 Å². The average Bonchev–Trinajstić information content (AvgIpc) is 2.59. The van der Waals surface area contributed by atoms with Crippen LogP contribution >= 0.6 is 23.4 Å². The van der Waals surface area contributed by atoms with E-state index in [9.17, 15) is 18.4 Å². The molecule has 1 atom stereocenters. The van der Waals surface area contributed by atoms with Gasteiger partial charge in [0.2, 0.25) is 0 Å². The van der Waals surface area contributed by atoms with Crippen molar-refractivity contribution in [1.29, 1.82) is 0 Å². The second-order valence-electron chi connectivity index (χ2n) is 5.30. The topological polar surface area (TPSA) is 55.4 Å². The van der Waals surface area contributed by atoms with Crippen LogP contribution in [-0.2, 0) is 14.3 Å². The zero-order valence-corrected chi connectivity index (χ0v) is 15.4. The van der Waals surface area contributed by atoms with Gasteiger partial charge in [0.1, 0.15) is 11.6 Å². The molecule has 2 aromatic carbocycles. The van der Waals surface area contributed by atoms with Gasteiger partial charge in [-0.15, -0.1) is 11.8 Å². The zero-order valence-electron chi connectivity index (χ0n) is 13.8. The first-order valence-corrected chi connectivity index (χ1v) is 9.05. The van der Waals surface area contributed by atoms with Gasteiger partial charge in [0, 0.05) is 21.7 Å². The minimum Gasteiger partial charge on any atom is -0.453 e. The number of hydrogen-bond donors (Lipinski definition) is 1. The predicted octanol–water partition coefficient (Wildman–Crippen LogP) is 4.67. The van der Waals surface area contributed by atoms with Gasteiger partial charge in [-0.2, -0.15) is 0 Å². The summed E-state index contributed by atoms with van der Waals surface area (Å²) >= 11 is 7.24. The quantitative estimate of drug-likeness (QED) is 0.543. The SMILES string of the molecule is CC(OC(=O)CCSc1ccc(Cl)cc1)C(=O)Nc1cc(F)ccc1F. The fourth-order valence-electron chi connectivity index (χ4n) is 1.92. The maximum absolute atomic E-state index is 13.5. The highest BCUT2D eigenvalue weighted by molar-refractivity contribution is 7.99. The highest BCUT2D eigenvalue weighted by Gasteiger charge is 2.19. The second-order valence-corrected chi connectivity index (χ2v) is 6.90. The maximum atomic E-state index is 13.5. The number of anilines is 1. The third-order valence-electron chi connectivity index (χ3n) is 3.25. The molecule has 138 valence electrons. The molecule has 1 N–H and O–H groups in total. The first-order valence-electron chi connectivity index (χ1n) is 7.69. The Morgan fingerprint density at radius 2 is 1.88 bits per heavy atom. The summed E-state index contributed by atoms with van der Waals surface area (Å²) in [6.07, 6.45) is -1.04. The van der Waals surface area contributed by atoms with Gasteiger partial charge in [0.05, 0.1) is 12.1 Å². The molecule has 2 aromatic rings. The molecule has 0 aliphatic heterocycles. The summed E-state index contributed by atoms with van der Waals surface area (Å²) in [6, 6.07) is 9.86. The molecule has 8 heteroatoms. The van der Waals surface area contributed by atoms with Gasteiger partial charge in [-0.1, -0.05) is 11.6 Å². The smallest absolute Gasteiger partial charge is 0.307 e. The summed E-state index contributed by atoms with van der Waals surface area (Å²) in [4.78, 5) is 24.7. The molecular weight excluding hydrogens is 384 g/mol. The molecule has 0 saturated heterocycles. The molecule has 1 unspecified atom stereocenters. The number of esters is 1. The lowest BCUT2D eigenvalue weighted by Gasteiger charge is -2.14. The number of hydrogen-bond acceptors (Lipinski definition) is 4. The maximum Gasteiger partial charge on any atom is 0.307 e. The fraction of sp³-hybridized carbons (Fsp3) is 0.222. The summed E-state index contributed by atoms with van der Waals surface area (Å²) in [5, 5.41) is 2.82. The molecule has 0 aromatic heterocycles. The van der Waals surface area contributed by atoms with Gasteiger partial charge in [-0.25, -0.2) is 8.78 Å². The first-order chi connectivity index (χ1) is 12.3. The van der Waals surface area contributed by atoms with Crippen molar-refractivity contribution in [3.8, 4) is 0 Å². The molecule has 0 heterocycles. The number of rotatable bonds is 7. The largest absolute Gasteiger partial charge is 0.453 e. The van der Waals surface area contributed by atoms with Crippen molar-refractivity contribution in [3.05, 3.63) is 59.1 Å². The molecule has 1 amide bonds. The van der Waals surface area contributed by atoms with Crippen LogP contribution in [0.5, 0.6) is 0 Å². The molecule has 0 fully saturated rings. The highest BCUT2D eigenvalue weighted by atomic mass is 35.5. The summed E-state index contributed by atoms with van der Waals surface area (Å²) in [6.45, 7) is 1.36. The number of thioether (sulfide) groups is 1. The third kappa shape index (κ3) is 6.31. The van der Waals surface area contributed by atoms with Crippen LogP contribution in [0, 0.1) is 11.6 Å². The Morgan fingerprint density at radius 1 is 1.19 bits per heavy atom. The predicted molar refractivity (Wildman–Crippen MR) is 97.3 cm³/mol. The van der Waals surface area contributed by atoms with Crippen molar-refractivity contribution < 1.29 is 23.1 Å². The Balaban J connectivity index is 1.77. The van der Waals surface area contributed by atoms with E-state index >= 15 is 0 Å². The zero-order chi connectivity index (χ0) is 19.1. The number of carbonyl (C=O) groups excluding carboxylic acids is 2. The molecule has 0 bridgehead atoms. The van der Waals surface area contributed by atoms with Crippen molar-refractivity contribution >= 4 is 40.9 Å². The van der Waals surface area contributed by atoms with Gasteiger partial charge in [0.15, 0.2) is 6.10 Å². The van der Waals surface area contributed by atoms with Crippen LogP contribution in [0.2, 0.25) is 5.02 Å². The molecule has 0 radical (unpaired) electrons. The standard InChI is InChI=1S/C18H16ClF2NO3S/c1-11(18(24)22-16-10-13(20)4-7-15(16)21)25-17(23)8-9-26-14-5-2-12(19)3-6-14/h2-7,10-11H,8-9H2,1H3,(H,22,24). The normalized spacial score (nSPS) is 11.7. The highest BCUT2D eigenvalue weighted by Crippen LogP contribution is 2.21. The Kier molecular flexibility index (Phi) is 7.41. The average molecular weight is 400 g/mol. The number of nitrogens with one attached hydrogen (secondary N) is 1. The van der Waals surface area contributed by atoms with E-state index in [0.29, 0.717) is 10.8 Å². The van der Waals surface area contributed by atoms with Crippen LogP contribution in [-0.4, -0.2) is 23.7 Å². The Labute approximate surface area is 158 Å². The molecule has 4 nitrogen and oxygen atoms in total. The minimum atomic E-state index is -1.13. The van der Waals surface area contributed by atoms with Crippen LogP contribution < -0.4 is 5.32 Å². The van der Waals surface area contributed by atoms with E-state index in [4.69, 9.17) is 16.3 Å². The number of amides is 1. The number of benzene rings is 2. The van der Waals surface area contributed by atoms with Crippen molar-refractivity contribution in [3.63, 3.8) is 0 Å². The Bertz CT molecular complexity index is 787. The molecule has 0 spiro atoms. The van der Waals surface area contributed by atoms with Gasteiger partial charge in [-0.05, 0) is 43.3 Å². The van der Waals surface area contributed by atoms with E-state index in [1.807, 2.05) is 12.1 Å². The van der Waals surface area contributed by atoms with Crippen LogP contribution in [0.3, 0.4) is 0 Å². The molecule has 2 rings (SSSR count). The van der Waals surface area contributed by atoms with Crippen LogP contribution in [0.1, 0.15) is 13.3 Å². The third-order valence-corrected chi connectivity index (χ3v) is 4.52. The van der Waals surface area contributed by atoms with E-state index in [0.717, 1.165) is 23.1 Å². The van der Waals surface area contributed by atoms with E-state index in [1.165, 1.54) is 18.7 Å². The lowest BCUT2D eigenvalue weighted by Crippen LogP contribution is -2.30. The van der Waals surface area contributed by atoms with Crippen LogP contribution in [0.4, 0.5) is 14.5 Å². The van der Waals surface area contributed by atoms with Crippen LogP contribution in [0.25, 0.3) is 0 Å². The minimum absolute atomic E-state index is 0.0965. The molecule has 0 saturated carbocycles. The van der Waals surface area contributed by atoms with Crippen molar-refractivity contribution in [2.24, 2.45) is 0 Å². The van der Waals surface area contributed by atoms with Crippen molar-refractivity contribution in [1.82, 2.24) is 0 Å². The van der Waals surface area contributed by atoms with Crippen LogP contribution in [0.15, 0.2) is 47.4 Å². The van der Waals surface area contributed by atoms with Gasteiger partial charge < -0.3 is 10.1 Å². The summed E-state index contributed by atoms with van der Waals surface area (Å²) < 4.78 is 31.6. The number of carbonyl (C=O) groups is 2. The Hall–Kier alpha value is -2.12. The van der Waals surface area contributed by atoms with E-state index in [1.54, 1.807) is 12.1 Å². The van der Waals surface area contributed by atoms with Gasteiger partial charge >= 0.3 is 5.97 Å². The van der Waals surface area contributed by atoms with Crippen molar-refractivity contribution in [2.75, 3.05) is 11.1 Å².